The van der Waals surface area contributed by atoms with Gasteiger partial charge in [0.25, 0.3) is 0 Å². The van der Waals surface area contributed by atoms with E-state index < -0.39 is 0 Å². The highest BCUT2D eigenvalue weighted by Gasteiger charge is 2.05. The molecule has 6 heteroatoms. The Kier molecular flexibility index (Phi) is 5.71. The van der Waals surface area contributed by atoms with Crippen LogP contribution in [0.3, 0.4) is 0 Å². The van der Waals surface area contributed by atoms with Crippen molar-refractivity contribution in [3.05, 3.63) is 46.5 Å². The van der Waals surface area contributed by atoms with E-state index >= 15 is 0 Å². The molecule has 2 amide bonds. The van der Waals surface area contributed by atoms with Crippen molar-refractivity contribution in [1.29, 1.82) is 0 Å². The molecule has 0 unspecified atom stereocenters. The van der Waals surface area contributed by atoms with Crippen LogP contribution in [0.1, 0.15) is 22.9 Å². The number of amides is 2. The van der Waals surface area contributed by atoms with Crippen LogP contribution in [0.5, 0.6) is 0 Å². The topological polar surface area (TPSA) is 74.2 Å². The first kappa shape index (κ1) is 15.5. The number of thiazole rings is 1. The molecule has 2 aromatic rings. The van der Waals surface area contributed by atoms with Gasteiger partial charge in [-0.05, 0) is 24.0 Å². The van der Waals surface area contributed by atoms with Gasteiger partial charge in [-0.25, -0.2) is 9.78 Å². The first-order valence-corrected chi connectivity index (χ1v) is 7.71. The average Bonchev–Trinajstić information content (AvgIpc) is 2.95. The Morgan fingerprint density at radius 3 is 2.62 bits per heavy atom. The van der Waals surface area contributed by atoms with E-state index in [0.29, 0.717) is 11.7 Å². The number of rotatable bonds is 6. The number of aromatic nitrogens is 1. The summed E-state index contributed by atoms with van der Waals surface area (Å²) in [5.74, 6) is 0. The minimum absolute atomic E-state index is 0.0501. The van der Waals surface area contributed by atoms with Crippen molar-refractivity contribution < 1.29 is 9.90 Å². The van der Waals surface area contributed by atoms with E-state index in [1.54, 1.807) is 6.20 Å². The fraction of sp³-hybridized carbons (Fsp3) is 0.333. The summed E-state index contributed by atoms with van der Waals surface area (Å²) in [6.45, 7) is 2.66. The second-order valence-corrected chi connectivity index (χ2v) is 5.71. The Bertz CT molecular complexity index is 581. The van der Waals surface area contributed by atoms with E-state index in [0.717, 1.165) is 28.8 Å². The monoisotopic (exact) mass is 305 g/mol. The van der Waals surface area contributed by atoms with Crippen molar-refractivity contribution in [2.75, 3.05) is 11.9 Å². The molecule has 0 fully saturated rings. The van der Waals surface area contributed by atoms with Crippen molar-refractivity contribution in [3.63, 3.8) is 0 Å². The minimum Gasteiger partial charge on any atom is -0.392 e. The summed E-state index contributed by atoms with van der Waals surface area (Å²) >= 11 is 1.49. The lowest BCUT2D eigenvalue weighted by Gasteiger charge is -2.06. The zero-order valence-electron chi connectivity index (χ0n) is 11.9. The normalized spacial score (nSPS) is 10.4. The Hall–Kier alpha value is -1.92. The predicted octanol–water partition coefficient (Wildman–Crippen LogP) is 2.56. The molecule has 2 rings (SSSR count). The zero-order chi connectivity index (χ0) is 15.1. The van der Waals surface area contributed by atoms with Crippen LogP contribution in [0.4, 0.5) is 9.93 Å². The molecule has 112 valence electrons. The molecule has 0 atom stereocenters. The van der Waals surface area contributed by atoms with Crippen molar-refractivity contribution in [2.24, 2.45) is 0 Å². The van der Waals surface area contributed by atoms with E-state index in [4.69, 9.17) is 5.11 Å². The molecule has 0 aliphatic heterocycles. The SMILES string of the molecule is CCc1cnc(NC(=O)NCCc2ccc(CO)cc2)s1. The van der Waals surface area contributed by atoms with Crippen LogP contribution in [-0.4, -0.2) is 22.7 Å². The van der Waals surface area contributed by atoms with Gasteiger partial charge in [0.1, 0.15) is 0 Å². The number of benzene rings is 1. The zero-order valence-corrected chi connectivity index (χ0v) is 12.7. The van der Waals surface area contributed by atoms with Gasteiger partial charge in [0.15, 0.2) is 5.13 Å². The Morgan fingerprint density at radius 2 is 2.00 bits per heavy atom. The fourth-order valence-electron chi connectivity index (χ4n) is 1.80. The first-order valence-electron chi connectivity index (χ1n) is 6.89. The van der Waals surface area contributed by atoms with Gasteiger partial charge in [-0.1, -0.05) is 31.2 Å². The number of hydrogen-bond acceptors (Lipinski definition) is 4. The molecule has 0 aliphatic carbocycles. The standard InChI is InChI=1S/C15H19N3O2S/c1-2-13-9-17-15(21-13)18-14(20)16-8-7-11-3-5-12(10-19)6-4-11/h3-6,9,19H,2,7-8,10H2,1H3,(H2,16,17,18,20). The fourth-order valence-corrected chi connectivity index (χ4v) is 2.55. The molecule has 1 aromatic heterocycles. The molecule has 0 saturated heterocycles. The van der Waals surface area contributed by atoms with Gasteiger partial charge in [0.2, 0.25) is 0 Å². The maximum absolute atomic E-state index is 11.7. The molecule has 1 heterocycles. The van der Waals surface area contributed by atoms with Crippen LogP contribution in [0.15, 0.2) is 30.5 Å². The van der Waals surface area contributed by atoms with Gasteiger partial charge in [0, 0.05) is 17.6 Å². The number of carbonyl (C=O) groups excluding carboxylic acids is 1. The molecule has 3 N–H and O–H groups in total. The average molecular weight is 305 g/mol. The van der Waals surface area contributed by atoms with Gasteiger partial charge >= 0.3 is 6.03 Å². The van der Waals surface area contributed by atoms with Crippen LogP contribution in [-0.2, 0) is 19.4 Å². The summed E-state index contributed by atoms with van der Waals surface area (Å²) < 4.78 is 0. The molecule has 21 heavy (non-hydrogen) atoms. The summed E-state index contributed by atoms with van der Waals surface area (Å²) in [7, 11) is 0. The van der Waals surface area contributed by atoms with Crippen LogP contribution in [0.25, 0.3) is 0 Å². The van der Waals surface area contributed by atoms with Crippen LogP contribution in [0, 0.1) is 0 Å². The van der Waals surface area contributed by atoms with Gasteiger partial charge < -0.3 is 10.4 Å². The second kappa shape index (κ2) is 7.75. The number of nitrogens with zero attached hydrogens (tertiary/aromatic N) is 1. The molecular formula is C15H19N3O2S. The summed E-state index contributed by atoms with van der Waals surface area (Å²) in [6.07, 6.45) is 3.45. The van der Waals surface area contributed by atoms with E-state index in [2.05, 4.69) is 22.5 Å². The van der Waals surface area contributed by atoms with E-state index in [1.807, 2.05) is 24.3 Å². The highest BCUT2D eigenvalue weighted by molar-refractivity contribution is 7.15. The number of aryl methyl sites for hydroxylation is 1. The third-order valence-electron chi connectivity index (χ3n) is 3.03. The van der Waals surface area contributed by atoms with Gasteiger partial charge in [0.05, 0.1) is 6.61 Å². The molecule has 0 radical (unpaired) electrons. The molecule has 1 aromatic carbocycles. The maximum atomic E-state index is 11.7. The lowest BCUT2D eigenvalue weighted by atomic mass is 10.1. The van der Waals surface area contributed by atoms with E-state index in [-0.39, 0.29) is 12.6 Å². The Morgan fingerprint density at radius 1 is 1.29 bits per heavy atom. The molecular weight excluding hydrogens is 286 g/mol. The number of carbonyl (C=O) groups is 1. The molecule has 0 spiro atoms. The molecule has 0 aliphatic rings. The van der Waals surface area contributed by atoms with Gasteiger partial charge in [-0.3, -0.25) is 5.32 Å². The predicted molar refractivity (Wildman–Crippen MR) is 84.6 cm³/mol. The van der Waals surface area contributed by atoms with Crippen LogP contribution >= 0.6 is 11.3 Å². The lowest BCUT2D eigenvalue weighted by Crippen LogP contribution is -2.30. The third kappa shape index (κ3) is 4.84. The number of urea groups is 1. The molecule has 0 bridgehead atoms. The highest BCUT2D eigenvalue weighted by atomic mass is 32.1. The Balaban J connectivity index is 1.73. The summed E-state index contributed by atoms with van der Waals surface area (Å²) in [6, 6.07) is 7.45. The third-order valence-corrected chi connectivity index (χ3v) is 4.08. The largest absolute Gasteiger partial charge is 0.392 e. The summed E-state index contributed by atoms with van der Waals surface area (Å²) in [5.41, 5.74) is 2.01. The number of nitrogens with one attached hydrogen (secondary N) is 2. The smallest absolute Gasteiger partial charge is 0.321 e. The van der Waals surface area contributed by atoms with Crippen molar-refractivity contribution >= 4 is 22.5 Å². The van der Waals surface area contributed by atoms with Gasteiger partial charge in [-0.15, -0.1) is 11.3 Å². The second-order valence-electron chi connectivity index (χ2n) is 4.59. The van der Waals surface area contributed by atoms with Crippen LogP contribution < -0.4 is 10.6 Å². The Labute approximate surface area is 128 Å². The van der Waals surface area contributed by atoms with Gasteiger partial charge in [-0.2, -0.15) is 0 Å². The first-order chi connectivity index (χ1) is 10.2. The molecule has 0 saturated carbocycles. The number of aliphatic hydroxyl groups excluding tert-OH is 1. The van der Waals surface area contributed by atoms with E-state index in [1.165, 1.54) is 11.3 Å². The highest BCUT2D eigenvalue weighted by Crippen LogP contribution is 2.17. The van der Waals surface area contributed by atoms with E-state index in [9.17, 15) is 4.79 Å². The number of hydrogen-bond donors (Lipinski definition) is 3. The van der Waals surface area contributed by atoms with Crippen molar-refractivity contribution in [2.45, 2.75) is 26.4 Å². The number of anilines is 1. The minimum atomic E-state index is -0.237. The van der Waals surface area contributed by atoms with Crippen molar-refractivity contribution in [1.82, 2.24) is 10.3 Å². The summed E-state index contributed by atoms with van der Waals surface area (Å²) in [5, 5.41) is 15.1. The van der Waals surface area contributed by atoms with Crippen molar-refractivity contribution in [3.8, 4) is 0 Å². The quantitative estimate of drug-likeness (QED) is 0.768. The van der Waals surface area contributed by atoms with Crippen LogP contribution in [0.2, 0.25) is 0 Å². The summed E-state index contributed by atoms with van der Waals surface area (Å²) in [4.78, 5) is 17.0. The lowest BCUT2D eigenvalue weighted by molar-refractivity contribution is 0.252. The number of aliphatic hydroxyl groups is 1. The molecule has 5 nitrogen and oxygen atoms in total. The maximum Gasteiger partial charge on any atom is 0.321 e.